The van der Waals surface area contributed by atoms with Gasteiger partial charge in [0.05, 0.1) is 0 Å². The number of rotatable bonds is 3. The minimum Gasteiger partial charge on any atom is -0.486 e. The molecular formula is C15H16N2O2. The van der Waals surface area contributed by atoms with E-state index in [1.165, 1.54) is 0 Å². The van der Waals surface area contributed by atoms with Crippen LogP contribution in [0.25, 0.3) is 0 Å². The normalized spacial score (nSPS) is 15.0. The number of benzene rings is 1. The maximum absolute atomic E-state index is 6.29. The van der Waals surface area contributed by atoms with Gasteiger partial charge in [0.25, 0.3) is 0 Å². The van der Waals surface area contributed by atoms with Gasteiger partial charge in [-0.3, -0.25) is 4.98 Å². The first-order valence-electron chi connectivity index (χ1n) is 6.37. The van der Waals surface area contributed by atoms with Crippen LogP contribution in [0.3, 0.4) is 0 Å². The Morgan fingerprint density at radius 3 is 2.89 bits per heavy atom. The van der Waals surface area contributed by atoms with E-state index in [-0.39, 0.29) is 6.04 Å². The predicted molar refractivity (Wildman–Crippen MR) is 72.3 cm³/mol. The minimum atomic E-state index is -0.124. The van der Waals surface area contributed by atoms with Crippen LogP contribution in [0, 0.1) is 0 Å². The van der Waals surface area contributed by atoms with Gasteiger partial charge in [-0.05, 0) is 24.1 Å². The predicted octanol–water partition coefficient (Wildman–Crippen LogP) is 2.10. The van der Waals surface area contributed by atoms with Gasteiger partial charge in [0.1, 0.15) is 13.2 Å². The Morgan fingerprint density at radius 1 is 1.16 bits per heavy atom. The second kappa shape index (κ2) is 5.28. The molecule has 0 saturated carbocycles. The van der Waals surface area contributed by atoms with Crippen molar-refractivity contribution in [3.05, 3.63) is 53.9 Å². The molecule has 0 fully saturated rings. The van der Waals surface area contributed by atoms with Gasteiger partial charge in [-0.25, -0.2) is 0 Å². The average molecular weight is 256 g/mol. The van der Waals surface area contributed by atoms with Gasteiger partial charge in [-0.1, -0.05) is 18.2 Å². The van der Waals surface area contributed by atoms with Crippen LogP contribution in [0.4, 0.5) is 0 Å². The number of hydrogen-bond acceptors (Lipinski definition) is 4. The zero-order chi connectivity index (χ0) is 13.1. The third-order valence-corrected chi connectivity index (χ3v) is 3.17. The summed E-state index contributed by atoms with van der Waals surface area (Å²) in [5.41, 5.74) is 8.39. The molecule has 0 amide bonds. The number of pyridine rings is 1. The standard InChI is InChI=1S/C15H16N2O2/c16-13(9-11-3-2-6-17-10-11)12-4-1-5-14-15(12)19-8-7-18-14/h1-6,10,13H,7-9,16H2. The summed E-state index contributed by atoms with van der Waals surface area (Å²) in [6.45, 7) is 1.16. The molecule has 0 aliphatic carbocycles. The molecule has 19 heavy (non-hydrogen) atoms. The van der Waals surface area contributed by atoms with Crippen molar-refractivity contribution >= 4 is 0 Å². The first-order chi connectivity index (χ1) is 9.34. The molecule has 2 N–H and O–H groups in total. The Balaban J connectivity index is 1.86. The van der Waals surface area contributed by atoms with Gasteiger partial charge in [-0.2, -0.15) is 0 Å². The molecule has 2 heterocycles. The van der Waals surface area contributed by atoms with Crippen molar-refractivity contribution in [3.63, 3.8) is 0 Å². The zero-order valence-corrected chi connectivity index (χ0v) is 10.6. The fraction of sp³-hybridized carbons (Fsp3) is 0.267. The maximum Gasteiger partial charge on any atom is 0.166 e. The van der Waals surface area contributed by atoms with Crippen LogP contribution in [0.1, 0.15) is 17.2 Å². The van der Waals surface area contributed by atoms with Crippen LogP contribution in [-0.2, 0) is 6.42 Å². The number of nitrogens with two attached hydrogens (primary N) is 1. The summed E-state index contributed by atoms with van der Waals surface area (Å²) < 4.78 is 11.3. The topological polar surface area (TPSA) is 57.4 Å². The fourth-order valence-electron chi connectivity index (χ4n) is 2.27. The summed E-state index contributed by atoms with van der Waals surface area (Å²) in [5, 5.41) is 0. The molecule has 1 aliphatic heterocycles. The number of para-hydroxylation sites is 1. The Bertz CT molecular complexity index is 557. The molecule has 0 bridgehead atoms. The summed E-state index contributed by atoms with van der Waals surface area (Å²) in [6, 6.07) is 9.68. The first kappa shape index (κ1) is 12.0. The number of nitrogens with zero attached hydrogens (tertiary/aromatic N) is 1. The summed E-state index contributed by atoms with van der Waals surface area (Å²) in [7, 11) is 0. The number of fused-ring (bicyclic) bond motifs is 1. The highest BCUT2D eigenvalue weighted by Crippen LogP contribution is 2.36. The molecule has 1 atom stereocenters. The van der Waals surface area contributed by atoms with Crippen LogP contribution in [-0.4, -0.2) is 18.2 Å². The fourth-order valence-corrected chi connectivity index (χ4v) is 2.27. The third kappa shape index (κ3) is 2.53. The monoisotopic (exact) mass is 256 g/mol. The molecule has 0 saturated heterocycles. The highest BCUT2D eigenvalue weighted by atomic mass is 16.6. The molecular weight excluding hydrogens is 240 g/mol. The molecule has 4 nitrogen and oxygen atoms in total. The van der Waals surface area contributed by atoms with Gasteiger partial charge < -0.3 is 15.2 Å². The average Bonchev–Trinajstić information content (AvgIpc) is 2.47. The van der Waals surface area contributed by atoms with E-state index in [0.29, 0.717) is 13.2 Å². The summed E-state index contributed by atoms with van der Waals surface area (Å²) in [5.74, 6) is 1.57. The van der Waals surface area contributed by atoms with E-state index in [2.05, 4.69) is 4.98 Å². The van der Waals surface area contributed by atoms with Crippen molar-refractivity contribution in [2.45, 2.75) is 12.5 Å². The smallest absolute Gasteiger partial charge is 0.166 e. The van der Waals surface area contributed by atoms with Crippen molar-refractivity contribution in [3.8, 4) is 11.5 Å². The van der Waals surface area contributed by atoms with Gasteiger partial charge in [0.2, 0.25) is 0 Å². The van der Waals surface area contributed by atoms with E-state index in [9.17, 15) is 0 Å². The first-order valence-corrected chi connectivity index (χ1v) is 6.37. The lowest BCUT2D eigenvalue weighted by Gasteiger charge is -2.23. The molecule has 3 rings (SSSR count). The molecule has 1 unspecified atom stereocenters. The Hall–Kier alpha value is -2.07. The van der Waals surface area contributed by atoms with Crippen LogP contribution < -0.4 is 15.2 Å². The Kier molecular flexibility index (Phi) is 3.33. The molecule has 0 spiro atoms. The quantitative estimate of drug-likeness (QED) is 0.913. The largest absolute Gasteiger partial charge is 0.486 e. The Morgan fingerprint density at radius 2 is 2.05 bits per heavy atom. The molecule has 4 heteroatoms. The summed E-state index contributed by atoms with van der Waals surface area (Å²) >= 11 is 0. The molecule has 2 aromatic rings. The lowest BCUT2D eigenvalue weighted by atomic mass is 9.99. The Labute approximate surface area is 112 Å². The van der Waals surface area contributed by atoms with E-state index < -0.39 is 0 Å². The molecule has 1 aromatic carbocycles. The van der Waals surface area contributed by atoms with E-state index in [4.69, 9.17) is 15.2 Å². The van der Waals surface area contributed by atoms with Gasteiger partial charge in [0.15, 0.2) is 11.5 Å². The highest BCUT2D eigenvalue weighted by Gasteiger charge is 2.19. The number of aromatic nitrogens is 1. The third-order valence-electron chi connectivity index (χ3n) is 3.17. The SMILES string of the molecule is NC(Cc1cccnc1)c1cccc2c1OCCO2. The van der Waals surface area contributed by atoms with Crippen LogP contribution >= 0.6 is 0 Å². The van der Waals surface area contributed by atoms with Crippen molar-refractivity contribution in [2.75, 3.05) is 13.2 Å². The summed E-state index contributed by atoms with van der Waals surface area (Å²) in [4.78, 5) is 4.11. The van der Waals surface area contributed by atoms with E-state index in [1.54, 1.807) is 6.20 Å². The summed E-state index contributed by atoms with van der Waals surface area (Å²) in [6.07, 6.45) is 4.33. The van der Waals surface area contributed by atoms with Crippen LogP contribution in [0.2, 0.25) is 0 Å². The second-order valence-electron chi connectivity index (χ2n) is 4.54. The highest BCUT2D eigenvalue weighted by molar-refractivity contribution is 5.49. The second-order valence-corrected chi connectivity index (χ2v) is 4.54. The maximum atomic E-state index is 6.29. The number of hydrogen-bond donors (Lipinski definition) is 1. The lowest BCUT2D eigenvalue weighted by molar-refractivity contribution is 0.169. The van der Waals surface area contributed by atoms with Crippen molar-refractivity contribution in [1.82, 2.24) is 4.98 Å². The van der Waals surface area contributed by atoms with Crippen molar-refractivity contribution in [1.29, 1.82) is 0 Å². The molecule has 98 valence electrons. The van der Waals surface area contributed by atoms with E-state index in [1.807, 2.05) is 36.5 Å². The lowest BCUT2D eigenvalue weighted by Crippen LogP contribution is -2.20. The van der Waals surface area contributed by atoms with Gasteiger partial charge >= 0.3 is 0 Å². The van der Waals surface area contributed by atoms with Gasteiger partial charge in [0, 0.05) is 24.0 Å². The molecule has 1 aromatic heterocycles. The van der Waals surface area contributed by atoms with Gasteiger partial charge in [-0.15, -0.1) is 0 Å². The minimum absolute atomic E-state index is 0.124. The zero-order valence-electron chi connectivity index (χ0n) is 10.6. The van der Waals surface area contributed by atoms with E-state index in [0.717, 1.165) is 29.0 Å². The van der Waals surface area contributed by atoms with Crippen molar-refractivity contribution < 1.29 is 9.47 Å². The van der Waals surface area contributed by atoms with Crippen LogP contribution in [0.5, 0.6) is 11.5 Å². The number of ether oxygens (including phenoxy) is 2. The van der Waals surface area contributed by atoms with E-state index >= 15 is 0 Å². The van der Waals surface area contributed by atoms with Crippen molar-refractivity contribution in [2.24, 2.45) is 5.73 Å². The van der Waals surface area contributed by atoms with Crippen LogP contribution in [0.15, 0.2) is 42.7 Å². The molecule has 0 radical (unpaired) electrons. The molecule has 1 aliphatic rings.